The lowest BCUT2D eigenvalue weighted by molar-refractivity contribution is -0.138. The second-order valence-electron chi connectivity index (χ2n) is 3.52. The monoisotopic (exact) mass is 367 g/mol. The average Bonchev–Trinajstić information content (AvgIpc) is 2.39. The lowest BCUT2D eigenvalue weighted by atomic mass is 10.3. The summed E-state index contributed by atoms with van der Waals surface area (Å²) in [5.74, 6) is -0.576. The second kappa shape index (κ2) is 11.2. The zero-order valence-electron chi connectivity index (χ0n) is 10.4. The summed E-state index contributed by atoms with van der Waals surface area (Å²) in [7, 11) is 0. The van der Waals surface area contributed by atoms with Crippen molar-refractivity contribution in [2.24, 2.45) is 0 Å². The highest BCUT2D eigenvalue weighted by Gasteiger charge is 1.99. The summed E-state index contributed by atoms with van der Waals surface area (Å²) in [5.41, 5.74) is 0. The van der Waals surface area contributed by atoms with E-state index in [1.165, 1.54) is 12.2 Å². The number of ether oxygens (including phenoxy) is 1. The molecule has 0 spiro atoms. The Morgan fingerprint density at radius 3 is 2.78 bits per heavy atom. The molecule has 1 amide bonds. The lowest BCUT2D eigenvalue weighted by Crippen LogP contribution is -2.22. The Kier molecular flexibility index (Phi) is 10.7. The standard InChI is InChI=1S/C12H18INO4/c1-3-11(15)14-8-4-5-9-17-12(16)7-6-10(2)18-13/h3,6-7,10H,1,4-5,8-9H2,2H3,(H,14,15)/b7-6+. The van der Waals surface area contributed by atoms with Crippen molar-refractivity contribution in [3.63, 3.8) is 0 Å². The van der Waals surface area contributed by atoms with Crippen LogP contribution in [0.4, 0.5) is 0 Å². The molecule has 0 saturated carbocycles. The molecule has 18 heavy (non-hydrogen) atoms. The Morgan fingerprint density at radius 1 is 1.44 bits per heavy atom. The van der Waals surface area contributed by atoms with Gasteiger partial charge in [-0.1, -0.05) is 6.58 Å². The molecule has 5 nitrogen and oxygen atoms in total. The Bertz CT molecular complexity index is 304. The van der Waals surface area contributed by atoms with Crippen molar-refractivity contribution in [2.45, 2.75) is 25.9 Å². The van der Waals surface area contributed by atoms with Gasteiger partial charge in [0.15, 0.2) is 0 Å². The van der Waals surface area contributed by atoms with Crippen LogP contribution in [0.25, 0.3) is 0 Å². The van der Waals surface area contributed by atoms with Gasteiger partial charge >= 0.3 is 5.97 Å². The molecule has 0 aliphatic rings. The number of hydrogen-bond donors (Lipinski definition) is 1. The van der Waals surface area contributed by atoms with E-state index in [2.05, 4.69) is 11.9 Å². The van der Waals surface area contributed by atoms with E-state index < -0.39 is 0 Å². The maximum absolute atomic E-state index is 11.2. The fraction of sp³-hybridized carbons (Fsp3) is 0.500. The van der Waals surface area contributed by atoms with E-state index in [1.54, 1.807) is 29.1 Å². The smallest absolute Gasteiger partial charge is 0.330 e. The van der Waals surface area contributed by atoms with Gasteiger partial charge in [-0.05, 0) is 31.9 Å². The van der Waals surface area contributed by atoms with Gasteiger partial charge in [-0.25, -0.2) is 4.79 Å². The maximum Gasteiger partial charge on any atom is 0.330 e. The Balaban J connectivity index is 3.49. The lowest BCUT2D eigenvalue weighted by Gasteiger charge is -2.03. The third-order valence-electron chi connectivity index (χ3n) is 1.94. The fourth-order valence-corrected chi connectivity index (χ4v) is 1.14. The quantitative estimate of drug-likeness (QED) is 0.293. The van der Waals surface area contributed by atoms with E-state index in [0.717, 1.165) is 6.42 Å². The van der Waals surface area contributed by atoms with Crippen LogP contribution in [-0.4, -0.2) is 31.1 Å². The summed E-state index contributed by atoms with van der Waals surface area (Å²) in [6, 6.07) is 0. The molecule has 0 saturated heterocycles. The normalized spacial score (nSPS) is 12.1. The van der Waals surface area contributed by atoms with Crippen LogP contribution in [0.3, 0.4) is 0 Å². The van der Waals surface area contributed by atoms with Gasteiger partial charge in [0.1, 0.15) is 23.0 Å². The molecule has 0 aliphatic heterocycles. The van der Waals surface area contributed by atoms with E-state index in [9.17, 15) is 9.59 Å². The van der Waals surface area contributed by atoms with Crippen molar-refractivity contribution >= 4 is 34.9 Å². The van der Waals surface area contributed by atoms with Gasteiger partial charge in [-0.15, -0.1) is 0 Å². The van der Waals surface area contributed by atoms with Crippen molar-refractivity contribution in [3.05, 3.63) is 24.8 Å². The highest BCUT2D eigenvalue weighted by atomic mass is 127. The highest BCUT2D eigenvalue weighted by molar-refractivity contribution is 14.1. The second-order valence-corrected chi connectivity index (χ2v) is 4.03. The third kappa shape index (κ3) is 10.3. The summed E-state index contributed by atoms with van der Waals surface area (Å²) in [4.78, 5) is 22.0. The SMILES string of the molecule is C=CC(=O)NCCCCOC(=O)/C=C/C(C)OI. The van der Waals surface area contributed by atoms with E-state index in [-0.39, 0.29) is 18.0 Å². The molecule has 0 rings (SSSR count). The minimum atomic E-state index is -0.384. The Hall–Kier alpha value is -0.890. The number of hydrogen-bond acceptors (Lipinski definition) is 4. The molecule has 0 fully saturated rings. The van der Waals surface area contributed by atoms with Gasteiger partial charge in [0.25, 0.3) is 0 Å². The predicted octanol–water partition coefficient (Wildman–Crippen LogP) is 1.92. The topological polar surface area (TPSA) is 64.6 Å². The van der Waals surface area contributed by atoms with Crippen LogP contribution in [0.15, 0.2) is 24.8 Å². The van der Waals surface area contributed by atoms with E-state index in [4.69, 9.17) is 7.80 Å². The first-order valence-electron chi connectivity index (χ1n) is 5.62. The molecule has 6 heteroatoms. The van der Waals surface area contributed by atoms with Crippen LogP contribution < -0.4 is 5.32 Å². The minimum Gasteiger partial charge on any atom is -0.463 e. The average molecular weight is 367 g/mol. The third-order valence-corrected chi connectivity index (χ3v) is 2.75. The van der Waals surface area contributed by atoms with E-state index in [1.807, 2.05) is 6.92 Å². The molecule has 0 heterocycles. The van der Waals surface area contributed by atoms with Gasteiger partial charge in [-0.3, -0.25) is 4.79 Å². The molecule has 0 aliphatic carbocycles. The first kappa shape index (κ1) is 17.1. The van der Waals surface area contributed by atoms with Gasteiger partial charge < -0.3 is 13.1 Å². The summed E-state index contributed by atoms with van der Waals surface area (Å²) < 4.78 is 9.87. The van der Waals surface area contributed by atoms with Crippen LogP contribution >= 0.6 is 23.0 Å². The van der Waals surface area contributed by atoms with Crippen molar-refractivity contribution in [1.82, 2.24) is 5.32 Å². The number of rotatable bonds is 9. The van der Waals surface area contributed by atoms with E-state index in [0.29, 0.717) is 19.6 Å². The van der Waals surface area contributed by atoms with Crippen LogP contribution in [0.2, 0.25) is 0 Å². The van der Waals surface area contributed by atoms with Crippen LogP contribution in [0, 0.1) is 0 Å². The van der Waals surface area contributed by atoms with Crippen LogP contribution in [0.5, 0.6) is 0 Å². The highest BCUT2D eigenvalue weighted by Crippen LogP contribution is 1.99. The molecular formula is C12H18INO4. The molecule has 0 aromatic heterocycles. The van der Waals surface area contributed by atoms with Crippen molar-refractivity contribution in [3.8, 4) is 0 Å². The van der Waals surface area contributed by atoms with Crippen molar-refractivity contribution in [2.75, 3.05) is 13.2 Å². The van der Waals surface area contributed by atoms with Crippen molar-refractivity contribution in [1.29, 1.82) is 0 Å². The van der Waals surface area contributed by atoms with E-state index >= 15 is 0 Å². The van der Waals surface area contributed by atoms with Gasteiger partial charge in [0, 0.05) is 12.6 Å². The predicted molar refractivity (Wildman–Crippen MR) is 77.1 cm³/mol. The minimum absolute atomic E-state index is 0.118. The number of halogens is 1. The molecular weight excluding hydrogens is 349 g/mol. The zero-order valence-corrected chi connectivity index (χ0v) is 12.5. The molecule has 0 bridgehead atoms. The van der Waals surface area contributed by atoms with Gasteiger partial charge in [-0.2, -0.15) is 0 Å². The van der Waals surface area contributed by atoms with Gasteiger partial charge in [0.05, 0.1) is 12.7 Å². The molecule has 1 unspecified atom stereocenters. The summed E-state index contributed by atoms with van der Waals surface area (Å²) in [6.07, 6.45) is 5.54. The molecule has 102 valence electrons. The molecule has 1 N–H and O–H groups in total. The first-order chi connectivity index (χ1) is 8.60. The Labute approximate surface area is 121 Å². The summed E-state index contributed by atoms with van der Waals surface area (Å²) in [6.45, 7) is 6.05. The largest absolute Gasteiger partial charge is 0.463 e. The number of carbonyl (C=O) groups is 2. The molecule has 0 aromatic rings. The molecule has 1 atom stereocenters. The van der Waals surface area contributed by atoms with Crippen LogP contribution in [0.1, 0.15) is 19.8 Å². The first-order valence-corrected chi connectivity index (χ1v) is 6.51. The van der Waals surface area contributed by atoms with Gasteiger partial charge in [0.2, 0.25) is 5.91 Å². The number of esters is 1. The maximum atomic E-state index is 11.2. The summed E-state index contributed by atoms with van der Waals surface area (Å²) in [5, 5.41) is 2.64. The Morgan fingerprint density at radius 2 is 2.17 bits per heavy atom. The molecule has 0 aromatic carbocycles. The summed E-state index contributed by atoms with van der Waals surface area (Å²) >= 11 is 1.77. The number of amides is 1. The van der Waals surface area contributed by atoms with Crippen molar-refractivity contribution < 1.29 is 17.4 Å². The zero-order chi connectivity index (χ0) is 13.8. The number of nitrogens with one attached hydrogen (secondary N) is 1. The fourth-order valence-electron chi connectivity index (χ4n) is 0.975. The molecule has 0 radical (unpaired) electrons. The number of unbranched alkanes of at least 4 members (excludes halogenated alkanes) is 1. The number of carbonyl (C=O) groups excluding carboxylic acids is 2. The van der Waals surface area contributed by atoms with Crippen LogP contribution in [-0.2, 0) is 17.4 Å².